The van der Waals surface area contributed by atoms with Crippen LogP contribution in [0.3, 0.4) is 0 Å². The zero-order valence-corrected chi connectivity index (χ0v) is 25.7. The van der Waals surface area contributed by atoms with E-state index in [4.69, 9.17) is 18.9 Å². The van der Waals surface area contributed by atoms with Crippen LogP contribution in [-0.2, 0) is 6.54 Å². The molecule has 4 aromatic rings. The number of benzene rings is 2. The lowest BCUT2D eigenvalue weighted by Crippen LogP contribution is -2.68. The number of aromatic amines is 1. The molecule has 1 spiro atoms. The molecule has 3 aliphatic heterocycles. The summed E-state index contributed by atoms with van der Waals surface area (Å²) in [6, 6.07) is 14.7. The van der Waals surface area contributed by atoms with Crippen LogP contribution < -0.4 is 23.8 Å². The normalized spacial score (nSPS) is 20.0. The van der Waals surface area contributed by atoms with E-state index in [0.29, 0.717) is 41.7 Å². The molecule has 0 atom stereocenters. The second-order valence-electron chi connectivity index (χ2n) is 12.9. The van der Waals surface area contributed by atoms with Crippen molar-refractivity contribution in [3.8, 4) is 28.7 Å². The molecular weight excluding hydrogens is 570 g/mol. The predicted octanol–water partition coefficient (Wildman–Crippen LogP) is 5.12. The molecule has 45 heavy (non-hydrogen) atoms. The molecule has 1 saturated carbocycles. The molecule has 234 valence electrons. The molecule has 3 fully saturated rings. The highest BCUT2D eigenvalue weighted by atomic mass is 16.5. The van der Waals surface area contributed by atoms with Crippen molar-refractivity contribution in [3.05, 3.63) is 66.0 Å². The van der Waals surface area contributed by atoms with Gasteiger partial charge in [0, 0.05) is 87.0 Å². The first-order valence-electron chi connectivity index (χ1n) is 16.0. The third-order valence-corrected chi connectivity index (χ3v) is 9.90. The number of nitrogens with one attached hydrogen (secondary N) is 1. The fourth-order valence-corrected chi connectivity index (χ4v) is 7.49. The van der Waals surface area contributed by atoms with Gasteiger partial charge in [0.15, 0.2) is 17.8 Å². The number of hydrogen-bond donors (Lipinski definition) is 1. The molecule has 0 unspecified atom stereocenters. The summed E-state index contributed by atoms with van der Waals surface area (Å²) in [4.78, 5) is 26.9. The number of hydrogen-bond acceptors (Lipinski definition) is 9. The maximum absolute atomic E-state index is 11.8. The van der Waals surface area contributed by atoms with Gasteiger partial charge in [0.2, 0.25) is 5.75 Å². The molecule has 2 saturated heterocycles. The summed E-state index contributed by atoms with van der Waals surface area (Å²) in [7, 11) is 1.69. The molecule has 4 aliphatic rings. The van der Waals surface area contributed by atoms with E-state index in [-0.39, 0.29) is 0 Å². The fourth-order valence-electron chi connectivity index (χ4n) is 7.49. The van der Waals surface area contributed by atoms with Crippen molar-refractivity contribution in [2.24, 2.45) is 5.41 Å². The van der Waals surface area contributed by atoms with Crippen molar-refractivity contribution in [1.29, 1.82) is 0 Å². The Morgan fingerprint density at radius 3 is 2.69 bits per heavy atom. The van der Waals surface area contributed by atoms with E-state index in [0.717, 1.165) is 92.5 Å². The number of carbonyl (C=O) groups excluding carboxylic acids is 1. The van der Waals surface area contributed by atoms with Gasteiger partial charge in [-0.15, -0.1) is 0 Å². The molecular formula is C35H39N5O5. The highest BCUT2D eigenvalue weighted by Crippen LogP contribution is 2.52. The Morgan fingerprint density at radius 2 is 1.87 bits per heavy atom. The number of pyridine rings is 1. The van der Waals surface area contributed by atoms with Gasteiger partial charge in [-0.05, 0) is 54.8 Å². The van der Waals surface area contributed by atoms with Gasteiger partial charge < -0.3 is 28.8 Å². The maximum Gasteiger partial charge on any atom is 0.203 e. The minimum Gasteiger partial charge on any atom is -0.493 e. The quantitative estimate of drug-likeness (QED) is 0.273. The summed E-state index contributed by atoms with van der Waals surface area (Å²) in [6.45, 7) is 8.63. The Labute approximate surface area is 262 Å². The first kappa shape index (κ1) is 28.2. The predicted molar refractivity (Wildman–Crippen MR) is 171 cm³/mol. The second kappa shape index (κ2) is 11.6. The first-order valence-corrected chi connectivity index (χ1v) is 16.0. The Bertz CT molecular complexity index is 1700. The zero-order valence-electron chi connectivity index (χ0n) is 25.7. The number of aromatic nitrogens is 2. The van der Waals surface area contributed by atoms with Crippen LogP contribution in [-0.4, -0.2) is 91.7 Å². The fraction of sp³-hybridized carbons (Fsp3) is 0.429. The third-order valence-electron chi connectivity index (χ3n) is 9.90. The smallest absolute Gasteiger partial charge is 0.203 e. The topological polar surface area (TPSA) is 92.4 Å². The van der Waals surface area contributed by atoms with E-state index < -0.39 is 0 Å². The van der Waals surface area contributed by atoms with E-state index >= 15 is 0 Å². The van der Waals surface area contributed by atoms with Crippen molar-refractivity contribution in [2.75, 3.05) is 64.5 Å². The number of anilines is 1. The van der Waals surface area contributed by atoms with E-state index in [1.54, 1.807) is 13.3 Å². The highest BCUT2D eigenvalue weighted by Gasteiger charge is 2.54. The molecule has 10 heteroatoms. The van der Waals surface area contributed by atoms with Crippen molar-refractivity contribution >= 4 is 23.0 Å². The zero-order chi connectivity index (χ0) is 30.4. The molecule has 1 N–H and O–H groups in total. The van der Waals surface area contributed by atoms with Crippen LogP contribution in [0.4, 0.5) is 5.69 Å². The van der Waals surface area contributed by atoms with Crippen molar-refractivity contribution in [2.45, 2.75) is 31.8 Å². The molecule has 0 bridgehead atoms. The number of H-pyrrole nitrogens is 1. The van der Waals surface area contributed by atoms with E-state index in [1.807, 2.05) is 36.5 Å². The molecule has 2 aromatic carbocycles. The summed E-state index contributed by atoms with van der Waals surface area (Å²) < 4.78 is 23.6. The summed E-state index contributed by atoms with van der Waals surface area (Å²) in [5.41, 5.74) is 4.05. The number of aldehydes is 1. The van der Waals surface area contributed by atoms with Gasteiger partial charge in [0.25, 0.3) is 0 Å². The Morgan fingerprint density at radius 1 is 1.02 bits per heavy atom. The Hall–Kier alpha value is -4.28. The minimum absolute atomic E-state index is 0.399. The van der Waals surface area contributed by atoms with Gasteiger partial charge in [-0.1, -0.05) is 0 Å². The lowest BCUT2D eigenvalue weighted by Gasteiger charge is -2.62. The van der Waals surface area contributed by atoms with Crippen LogP contribution in [0.2, 0.25) is 0 Å². The summed E-state index contributed by atoms with van der Waals surface area (Å²) in [6.07, 6.45) is 7.77. The highest BCUT2D eigenvalue weighted by molar-refractivity contribution is 5.82. The Balaban J connectivity index is 0.838. The van der Waals surface area contributed by atoms with Gasteiger partial charge >= 0.3 is 0 Å². The molecule has 8 rings (SSSR count). The number of nitrogens with zero attached hydrogens (tertiary/aromatic N) is 4. The van der Waals surface area contributed by atoms with Crippen molar-refractivity contribution in [1.82, 2.24) is 19.8 Å². The van der Waals surface area contributed by atoms with Gasteiger partial charge in [0.05, 0.1) is 32.1 Å². The van der Waals surface area contributed by atoms with Crippen molar-refractivity contribution < 1.29 is 23.7 Å². The van der Waals surface area contributed by atoms with Crippen molar-refractivity contribution in [3.63, 3.8) is 0 Å². The van der Waals surface area contributed by atoms with Crippen LogP contribution >= 0.6 is 0 Å². The average Bonchev–Trinajstić information content (AvgIpc) is 3.36. The molecule has 5 heterocycles. The summed E-state index contributed by atoms with van der Waals surface area (Å²) in [5, 5.41) is 0.970. The molecule has 10 nitrogen and oxygen atoms in total. The first-order chi connectivity index (χ1) is 22.1. The largest absolute Gasteiger partial charge is 0.493 e. The molecule has 1 aliphatic carbocycles. The Kier molecular flexibility index (Phi) is 7.26. The van der Waals surface area contributed by atoms with Gasteiger partial charge in [0.1, 0.15) is 17.1 Å². The second-order valence-corrected chi connectivity index (χ2v) is 12.9. The minimum atomic E-state index is 0.399. The number of fused-ring (bicyclic) bond motifs is 2. The van der Waals surface area contributed by atoms with E-state index in [1.165, 1.54) is 18.4 Å². The van der Waals surface area contributed by atoms with Crippen LogP contribution in [0.15, 0.2) is 54.9 Å². The lowest BCUT2D eigenvalue weighted by molar-refractivity contribution is -0.0380. The van der Waals surface area contributed by atoms with Crippen LogP contribution in [0, 0.1) is 5.41 Å². The SMILES string of the molecule is COc1cc(CN2CCN(C3CC4(C3)CN(c3ccc(C=O)c(Oc5cnc6[nH]ccc6c5)c3)C4)CC2)cc2c1OCCCO2. The number of rotatable bonds is 8. The standard InChI is InChI=1S/C35H39N5O5/c1-42-31-13-24(14-32-33(31)44-12-2-11-43-32)20-38-7-9-39(10-8-38)28-17-35(18-28)22-40(23-35)27-4-3-26(21-41)30(16-27)45-29-15-25-5-6-36-34(25)37-19-29/h3-6,13-16,19,21,28H,2,7-12,17-18,20,22-23H2,1H3,(H,36,37). The van der Waals surface area contributed by atoms with Crippen LogP contribution in [0.25, 0.3) is 11.0 Å². The third kappa shape index (κ3) is 5.46. The molecule has 0 amide bonds. The summed E-state index contributed by atoms with van der Waals surface area (Å²) in [5.74, 6) is 3.46. The number of methoxy groups -OCH3 is 1. The van der Waals surface area contributed by atoms with Gasteiger partial charge in [-0.2, -0.15) is 0 Å². The monoisotopic (exact) mass is 609 g/mol. The number of carbonyl (C=O) groups is 1. The number of piperazine rings is 1. The number of ether oxygens (including phenoxy) is 4. The van der Waals surface area contributed by atoms with E-state index in [2.05, 4.69) is 36.8 Å². The van der Waals surface area contributed by atoms with Crippen LogP contribution in [0.1, 0.15) is 35.2 Å². The maximum atomic E-state index is 11.8. The van der Waals surface area contributed by atoms with Crippen LogP contribution in [0.5, 0.6) is 28.7 Å². The summed E-state index contributed by atoms with van der Waals surface area (Å²) >= 11 is 0. The molecule has 2 aromatic heterocycles. The van der Waals surface area contributed by atoms with Gasteiger partial charge in [-0.3, -0.25) is 14.6 Å². The lowest BCUT2D eigenvalue weighted by atomic mass is 9.60. The average molecular weight is 610 g/mol. The van der Waals surface area contributed by atoms with Gasteiger partial charge in [-0.25, -0.2) is 4.98 Å². The molecule has 0 radical (unpaired) electrons. The van der Waals surface area contributed by atoms with E-state index in [9.17, 15) is 4.79 Å².